The van der Waals surface area contributed by atoms with E-state index in [0.29, 0.717) is 5.13 Å². The summed E-state index contributed by atoms with van der Waals surface area (Å²) in [5, 5.41) is 12.9. The summed E-state index contributed by atoms with van der Waals surface area (Å²) in [4.78, 5) is 17.0. The van der Waals surface area contributed by atoms with Gasteiger partial charge in [0.1, 0.15) is 0 Å². The van der Waals surface area contributed by atoms with Crippen LogP contribution in [0.3, 0.4) is 0 Å². The van der Waals surface area contributed by atoms with E-state index in [1.807, 2.05) is 13.8 Å². The Morgan fingerprint density at radius 3 is 3.00 bits per heavy atom. The molecule has 2 N–H and O–H groups in total. The second-order valence-corrected chi connectivity index (χ2v) is 4.39. The number of H-pyrrole nitrogens is 1. The second-order valence-electron chi connectivity index (χ2n) is 3.18. The number of carbonyl (C=O) groups is 1. The molecule has 7 heteroatoms. The van der Waals surface area contributed by atoms with Crippen LogP contribution in [0.25, 0.3) is 0 Å². The molecular weight excluding hydrogens is 226 g/mol. The van der Waals surface area contributed by atoms with Crippen LogP contribution in [0, 0.1) is 6.92 Å². The smallest absolute Gasteiger partial charge is 0.279 e. The monoisotopic (exact) mass is 237 g/mol. The summed E-state index contributed by atoms with van der Waals surface area (Å²) in [5.41, 5.74) is 1.27. The summed E-state index contributed by atoms with van der Waals surface area (Å²) >= 11 is 1.46. The Morgan fingerprint density at radius 1 is 1.62 bits per heavy atom. The van der Waals surface area contributed by atoms with Gasteiger partial charge in [-0.05, 0) is 13.3 Å². The molecule has 0 aromatic carbocycles. The Bertz CT molecular complexity index is 490. The van der Waals surface area contributed by atoms with Crippen molar-refractivity contribution in [3.63, 3.8) is 0 Å². The second kappa shape index (κ2) is 4.40. The van der Waals surface area contributed by atoms with Gasteiger partial charge in [-0.1, -0.05) is 6.92 Å². The largest absolute Gasteiger partial charge is 0.296 e. The molecule has 2 heterocycles. The van der Waals surface area contributed by atoms with Crippen LogP contribution in [0.5, 0.6) is 0 Å². The van der Waals surface area contributed by atoms with E-state index < -0.39 is 0 Å². The molecule has 0 atom stereocenters. The summed E-state index contributed by atoms with van der Waals surface area (Å²) < 4.78 is 0. The lowest BCUT2D eigenvalue weighted by Crippen LogP contribution is -2.12. The number of nitrogens with zero attached hydrogens (tertiary/aromatic N) is 3. The van der Waals surface area contributed by atoms with Crippen LogP contribution in [0.2, 0.25) is 0 Å². The Kier molecular flexibility index (Phi) is 2.95. The van der Waals surface area contributed by atoms with Crippen LogP contribution in [-0.2, 0) is 6.42 Å². The Morgan fingerprint density at radius 2 is 2.44 bits per heavy atom. The summed E-state index contributed by atoms with van der Waals surface area (Å²) in [5.74, 6) is -0.301. The predicted molar refractivity (Wildman–Crippen MR) is 60.6 cm³/mol. The molecule has 6 nitrogen and oxygen atoms in total. The first-order chi connectivity index (χ1) is 7.70. The van der Waals surface area contributed by atoms with Gasteiger partial charge in [0.25, 0.3) is 5.91 Å². The lowest BCUT2D eigenvalue weighted by molar-refractivity contribution is 0.102. The fourth-order valence-electron chi connectivity index (χ4n) is 1.28. The zero-order chi connectivity index (χ0) is 11.5. The van der Waals surface area contributed by atoms with Gasteiger partial charge >= 0.3 is 0 Å². The van der Waals surface area contributed by atoms with Crippen LogP contribution in [0.4, 0.5) is 5.13 Å². The average Bonchev–Trinajstić information content (AvgIpc) is 2.87. The van der Waals surface area contributed by atoms with Crippen molar-refractivity contribution in [2.75, 3.05) is 5.32 Å². The summed E-state index contributed by atoms with van der Waals surface area (Å²) in [6.07, 6.45) is 2.23. The molecule has 0 aliphatic rings. The highest BCUT2D eigenvalue weighted by Gasteiger charge is 2.12. The van der Waals surface area contributed by atoms with Crippen LogP contribution >= 0.6 is 11.3 Å². The maximum absolute atomic E-state index is 11.6. The van der Waals surface area contributed by atoms with Gasteiger partial charge in [0.15, 0.2) is 10.8 Å². The molecule has 0 aliphatic heterocycles. The van der Waals surface area contributed by atoms with Crippen molar-refractivity contribution in [2.45, 2.75) is 20.3 Å². The topological polar surface area (TPSA) is 83.6 Å². The SMILES string of the molecule is CCc1nc(NC(=O)c2cn[nH]n2)sc1C. The van der Waals surface area contributed by atoms with Gasteiger partial charge in [0.2, 0.25) is 0 Å². The van der Waals surface area contributed by atoms with E-state index in [2.05, 4.69) is 25.7 Å². The number of rotatable bonds is 3. The maximum Gasteiger partial charge on any atom is 0.279 e. The number of hydrogen-bond donors (Lipinski definition) is 2. The van der Waals surface area contributed by atoms with Gasteiger partial charge in [0, 0.05) is 4.88 Å². The minimum absolute atomic E-state index is 0.255. The van der Waals surface area contributed by atoms with Crippen LogP contribution in [0.15, 0.2) is 6.20 Å². The van der Waals surface area contributed by atoms with E-state index in [1.54, 1.807) is 0 Å². The molecule has 2 rings (SSSR count). The van der Waals surface area contributed by atoms with Gasteiger partial charge in [-0.15, -0.1) is 11.3 Å². The van der Waals surface area contributed by atoms with Crippen LogP contribution in [-0.4, -0.2) is 26.3 Å². The average molecular weight is 237 g/mol. The highest BCUT2D eigenvalue weighted by molar-refractivity contribution is 7.15. The number of anilines is 1. The molecule has 0 bridgehead atoms. The molecule has 0 fully saturated rings. The van der Waals surface area contributed by atoms with Crippen molar-refractivity contribution >= 4 is 22.4 Å². The van der Waals surface area contributed by atoms with Crippen molar-refractivity contribution in [1.29, 1.82) is 0 Å². The Labute approximate surface area is 96.1 Å². The first kappa shape index (κ1) is 10.7. The van der Waals surface area contributed by atoms with E-state index in [-0.39, 0.29) is 11.6 Å². The number of aromatic nitrogens is 4. The van der Waals surface area contributed by atoms with Gasteiger partial charge in [-0.25, -0.2) is 4.98 Å². The molecule has 0 saturated carbocycles. The normalized spacial score (nSPS) is 10.4. The van der Waals surface area contributed by atoms with E-state index >= 15 is 0 Å². The van der Waals surface area contributed by atoms with Crippen LogP contribution < -0.4 is 5.32 Å². The third kappa shape index (κ3) is 2.08. The zero-order valence-corrected chi connectivity index (χ0v) is 9.76. The zero-order valence-electron chi connectivity index (χ0n) is 8.94. The third-order valence-corrected chi connectivity index (χ3v) is 3.02. The predicted octanol–water partition coefficient (Wildman–Crippen LogP) is 1.38. The number of amides is 1. The summed E-state index contributed by atoms with van der Waals surface area (Å²) in [7, 11) is 0. The van der Waals surface area contributed by atoms with Gasteiger partial charge in [-0.3, -0.25) is 10.1 Å². The summed E-state index contributed by atoms with van der Waals surface area (Å²) in [6.45, 7) is 4.02. The van der Waals surface area contributed by atoms with Gasteiger partial charge in [-0.2, -0.15) is 15.4 Å². The number of thiazole rings is 1. The standard InChI is InChI=1S/C9H11N5OS/c1-3-6-5(2)16-9(11-6)12-8(15)7-4-10-14-13-7/h4H,3H2,1-2H3,(H,10,13,14)(H,11,12,15). The van der Waals surface area contributed by atoms with Crippen molar-refractivity contribution in [1.82, 2.24) is 20.4 Å². The summed E-state index contributed by atoms with van der Waals surface area (Å²) in [6, 6.07) is 0. The number of hydrogen-bond acceptors (Lipinski definition) is 5. The fraction of sp³-hybridized carbons (Fsp3) is 0.333. The molecule has 16 heavy (non-hydrogen) atoms. The first-order valence-corrected chi connectivity index (χ1v) is 5.65. The highest BCUT2D eigenvalue weighted by atomic mass is 32.1. The third-order valence-electron chi connectivity index (χ3n) is 2.10. The van der Waals surface area contributed by atoms with E-state index in [4.69, 9.17) is 0 Å². The molecule has 0 unspecified atom stereocenters. The number of carbonyl (C=O) groups excluding carboxylic acids is 1. The number of nitrogens with one attached hydrogen (secondary N) is 2. The van der Waals surface area contributed by atoms with Crippen molar-refractivity contribution in [3.8, 4) is 0 Å². The molecule has 84 valence electrons. The van der Waals surface area contributed by atoms with Crippen molar-refractivity contribution < 1.29 is 4.79 Å². The maximum atomic E-state index is 11.6. The fourth-order valence-corrected chi connectivity index (χ4v) is 2.18. The first-order valence-electron chi connectivity index (χ1n) is 4.84. The molecule has 2 aromatic heterocycles. The van der Waals surface area contributed by atoms with E-state index in [9.17, 15) is 4.79 Å². The van der Waals surface area contributed by atoms with E-state index in [0.717, 1.165) is 17.0 Å². The molecule has 0 saturated heterocycles. The Balaban J connectivity index is 2.12. The molecular formula is C9H11N5OS. The molecule has 0 aliphatic carbocycles. The van der Waals surface area contributed by atoms with Gasteiger partial charge in [0.05, 0.1) is 11.9 Å². The lowest BCUT2D eigenvalue weighted by Gasteiger charge is -1.95. The molecule has 0 radical (unpaired) electrons. The minimum Gasteiger partial charge on any atom is -0.296 e. The van der Waals surface area contributed by atoms with Crippen molar-refractivity contribution in [2.24, 2.45) is 0 Å². The molecule has 0 spiro atoms. The number of aromatic amines is 1. The lowest BCUT2D eigenvalue weighted by atomic mass is 10.3. The number of aryl methyl sites for hydroxylation is 2. The van der Waals surface area contributed by atoms with Gasteiger partial charge < -0.3 is 0 Å². The van der Waals surface area contributed by atoms with Crippen LogP contribution in [0.1, 0.15) is 28.0 Å². The highest BCUT2D eigenvalue weighted by Crippen LogP contribution is 2.22. The Hall–Kier alpha value is -1.76. The minimum atomic E-state index is -0.301. The van der Waals surface area contributed by atoms with E-state index in [1.165, 1.54) is 17.5 Å². The molecule has 2 aromatic rings. The quantitative estimate of drug-likeness (QED) is 0.844. The molecule has 1 amide bonds. The van der Waals surface area contributed by atoms with Crippen molar-refractivity contribution in [3.05, 3.63) is 22.5 Å².